The Hall–Kier alpha value is -0.0900. The smallest absolute Gasteiger partial charge is 0.0156 e. The van der Waals surface area contributed by atoms with Gasteiger partial charge in [-0.15, -0.1) is 0 Å². The molecule has 2 unspecified atom stereocenters. The molecular formula is C11H17P. The zero-order valence-electron chi connectivity index (χ0n) is 7.96. The molecular weight excluding hydrogens is 163 g/mol. The third-order valence-electron chi connectivity index (χ3n) is 3.00. The standard InChI is InChI=1S/C11H17P/c1-9-7-8-10(2)12(9)11-5-3-4-6-11/h3,5-6,9-10H,4,7-8H2,1-2H3/t9-,10?,12?/m1/s1. The van der Waals surface area contributed by atoms with Gasteiger partial charge in [-0.05, 0) is 35.9 Å². The van der Waals surface area contributed by atoms with E-state index in [1.807, 2.05) is 0 Å². The van der Waals surface area contributed by atoms with Crippen LogP contribution >= 0.6 is 7.92 Å². The van der Waals surface area contributed by atoms with Crippen molar-refractivity contribution in [3.8, 4) is 0 Å². The van der Waals surface area contributed by atoms with Crippen LogP contribution < -0.4 is 0 Å². The van der Waals surface area contributed by atoms with Crippen molar-refractivity contribution in [2.75, 3.05) is 0 Å². The summed E-state index contributed by atoms with van der Waals surface area (Å²) in [5.41, 5.74) is 1.95. The lowest BCUT2D eigenvalue weighted by Crippen LogP contribution is -1.96. The molecule has 0 amide bonds. The Morgan fingerprint density at radius 3 is 2.42 bits per heavy atom. The molecule has 0 aromatic heterocycles. The molecule has 0 spiro atoms. The molecule has 2 rings (SSSR count). The normalized spacial score (nSPS) is 40.5. The van der Waals surface area contributed by atoms with Crippen LogP contribution in [-0.4, -0.2) is 11.3 Å². The lowest BCUT2D eigenvalue weighted by Gasteiger charge is -2.21. The summed E-state index contributed by atoms with van der Waals surface area (Å²) in [7, 11) is 0.206. The lowest BCUT2D eigenvalue weighted by atomic mass is 10.2. The van der Waals surface area contributed by atoms with E-state index in [4.69, 9.17) is 0 Å². The van der Waals surface area contributed by atoms with Crippen LogP contribution in [-0.2, 0) is 0 Å². The Labute approximate surface area is 76.5 Å². The fraction of sp³-hybridized carbons (Fsp3) is 0.636. The van der Waals surface area contributed by atoms with Crippen LogP contribution in [0.2, 0.25) is 0 Å². The zero-order valence-corrected chi connectivity index (χ0v) is 8.85. The van der Waals surface area contributed by atoms with E-state index in [9.17, 15) is 0 Å². The van der Waals surface area contributed by atoms with Gasteiger partial charge in [-0.25, -0.2) is 0 Å². The summed E-state index contributed by atoms with van der Waals surface area (Å²) in [5.74, 6) is 0. The SMILES string of the molecule is CC1CC[C@@H](C)P1C1=CCC=C1. The third-order valence-corrected chi connectivity index (χ3v) is 6.35. The maximum absolute atomic E-state index is 2.43. The Kier molecular flexibility index (Phi) is 2.37. The van der Waals surface area contributed by atoms with Gasteiger partial charge in [0.15, 0.2) is 0 Å². The van der Waals surface area contributed by atoms with Gasteiger partial charge in [-0.1, -0.05) is 40.0 Å². The second-order valence-corrected chi connectivity index (χ2v) is 7.04. The lowest BCUT2D eigenvalue weighted by molar-refractivity contribution is 0.777. The van der Waals surface area contributed by atoms with Crippen molar-refractivity contribution in [1.82, 2.24) is 0 Å². The number of rotatable bonds is 1. The number of hydrogen-bond acceptors (Lipinski definition) is 0. The van der Waals surface area contributed by atoms with Crippen molar-refractivity contribution < 1.29 is 0 Å². The zero-order chi connectivity index (χ0) is 8.55. The molecule has 3 atom stereocenters. The first-order valence-electron chi connectivity index (χ1n) is 4.94. The molecule has 0 N–H and O–H groups in total. The fourth-order valence-electron chi connectivity index (χ4n) is 2.34. The fourth-order valence-corrected chi connectivity index (χ4v) is 5.68. The van der Waals surface area contributed by atoms with Crippen LogP contribution in [0.4, 0.5) is 0 Å². The summed E-state index contributed by atoms with van der Waals surface area (Å²) in [6.07, 6.45) is 11.2. The minimum atomic E-state index is 0.206. The van der Waals surface area contributed by atoms with Crippen LogP contribution in [0.3, 0.4) is 0 Å². The van der Waals surface area contributed by atoms with Gasteiger partial charge in [0.05, 0.1) is 0 Å². The molecule has 0 aromatic carbocycles. The molecule has 0 nitrogen and oxygen atoms in total. The van der Waals surface area contributed by atoms with Gasteiger partial charge in [0.1, 0.15) is 0 Å². The van der Waals surface area contributed by atoms with E-state index in [0.29, 0.717) is 0 Å². The second-order valence-electron chi connectivity index (χ2n) is 3.95. The summed E-state index contributed by atoms with van der Waals surface area (Å²) < 4.78 is 0. The maximum Gasteiger partial charge on any atom is -0.0156 e. The number of allylic oxidation sites excluding steroid dienone is 4. The first-order chi connectivity index (χ1) is 5.79. The molecule has 2 aliphatic rings. The molecule has 12 heavy (non-hydrogen) atoms. The molecule has 1 saturated heterocycles. The number of hydrogen-bond donors (Lipinski definition) is 0. The Bertz CT molecular complexity index is 217. The van der Waals surface area contributed by atoms with Crippen LogP contribution in [0.1, 0.15) is 33.1 Å². The molecule has 0 aromatic rings. The average Bonchev–Trinajstić information content (AvgIpc) is 2.61. The quantitative estimate of drug-likeness (QED) is 0.537. The molecule has 0 radical (unpaired) electrons. The van der Waals surface area contributed by atoms with Gasteiger partial charge < -0.3 is 0 Å². The van der Waals surface area contributed by atoms with E-state index < -0.39 is 0 Å². The molecule has 1 heterocycles. The van der Waals surface area contributed by atoms with Crippen molar-refractivity contribution in [1.29, 1.82) is 0 Å². The van der Waals surface area contributed by atoms with Gasteiger partial charge in [0.25, 0.3) is 0 Å². The van der Waals surface area contributed by atoms with Crippen molar-refractivity contribution in [3.05, 3.63) is 23.5 Å². The highest BCUT2D eigenvalue weighted by molar-refractivity contribution is 7.64. The average molecular weight is 180 g/mol. The largest absolute Gasteiger partial charge is 0.0801 e. The van der Waals surface area contributed by atoms with Crippen molar-refractivity contribution >= 4 is 7.92 Å². The maximum atomic E-state index is 2.43. The van der Waals surface area contributed by atoms with Crippen LogP contribution in [0.15, 0.2) is 23.5 Å². The minimum absolute atomic E-state index is 0.206. The Balaban J connectivity index is 2.15. The Morgan fingerprint density at radius 2 is 1.92 bits per heavy atom. The first-order valence-corrected chi connectivity index (χ1v) is 6.42. The predicted octanol–water partition coefficient (Wildman–Crippen LogP) is 3.88. The highest BCUT2D eigenvalue weighted by atomic mass is 31.1. The summed E-state index contributed by atoms with van der Waals surface area (Å²) in [6.45, 7) is 4.87. The van der Waals surface area contributed by atoms with Crippen molar-refractivity contribution in [2.24, 2.45) is 0 Å². The Morgan fingerprint density at radius 1 is 1.25 bits per heavy atom. The van der Waals surface area contributed by atoms with Crippen LogP contribution in [0.25, 0.3) is 0 Å². The molecule has 1 aliphatic carbocycles. The van der Waals surface area contributed by atoms with E-state index in [1.165, 1.54) is 19.3 Å². The summed E-state index contributed by atoms with van der Waals surface area (Å²) in [6, 6.07) is 0. The van der Waals surface area contributed by atoms with Gasteiger partial charge in [-0.2, -0.15) is 0 Å². The van der Waals surface area contributed by atoms with E-state index in [2.05, 4.69) is 32.1 Å². The topological polar surface area (TPSA) is 0 Å². The van der Waals surface area contributed by atoms with E-state index in [0.717, 1.165) is 11.3 Å². The highest BCUT2D eigenvalue weighted by Gasteiger charge is 2.31. The molecule has 1 aliphatic heterocycles. The van der Waals surface area contributed by atoms with E-state index in [1.54, 1.807) is 5.31 Å². The summed E-state index contributed by atoms with van der Waals surface area (Å²) in [5, 5.41) is 1.68. The van der Waals surface area contributed by atoms with E-state index in [-0.39, 0.29) is 7.92 Å². The van der Waals surface area contributed by atoms with E-state index >= 15 is 0 Å². The molecule has 66 valence electrons. The second kappa shape index (κ2) is 3.34. The van der Waals surface area contributed by atoms with Crippen molar-refractivity contribution in [2.45, 2.75) is 44.4 Å². The third kappa shape index (κ3) is 1.38. The summed E-state index contributed by atoms with van der Waals surface area (Å²) >= 11 is 0. The van der Waals surface area contributed by atoms with Gasteiger partial charge in [0.2, 0.25) is 0 Å². The molecule has 0 saturated carbocycles. The van der Waals surface area contributed by atoms with Gasteiger partial charge in [0, 0.05) is 0 Å². The molecule has 0 bridgehead atoms. The first kappa shape index (κ1) is 8.51. The van der Waals surface area contributed by atoms with Crippen LogP contribution in [0, 0.1) is 0 Å². The summed E-state index contributed by atoms with van der Waals surface area (Å²) in [4.78, 5) is 0. The van der Waals surface area contributed by atoms with Crippen LogP contribution in [0.5, 0.6) is 0 Å². The molecule has 1 fully saturated rings. The van der Waals surface area contributed by atoms with Gasteiger partial charge in [-0.3, -0.25) is 0 Å². The minimum Gasteiger partial charge on any atom is -0.0801 e. The highest BCUT2D eigenvalue weighted by Crippen LogP contribution is 2.61. The predicted molar refractivity (Wildman–Crippen MR) is 56.9 cm³/mol. The molecule has 1 heteroatoms. The monoisotopic (exact) mass is 180 g/mol. The van der Waals surface area contributed by atoms with Gasteiger partial charge >= 0.3 is 0 Å². The van der Waals surface area contributed by atoms with Crippen molar-refractivity contribution in [3.63, 3.8) is 0 Å².